The summed E-state index contributed by atoms with van der Waals surface area (Å²) in [5, 5.41) is 0.626. The van der Waals surface area contributed by atoms with E-state index in [2.05, 4.69) is 0 Å². The highest BCUT2D eigenvalue weighted by Crippen LogP contribution is 2.23. The monoisotopic (exact) mass is 382 g/mol. The van der Waals surface area contributed by atoms with Crippen molar-refractivity contribution in [2.45, 2.75) is 6.92 Å². The van der Waals surface area contributed by atoms with Gasteiger partial charge >= 0.3 is 11.9 Å². The zero-order valence-electron chi connectivity index (χ0n) is 13.5. The topological polar surface area (TPSA) is 61.8 Å². The van der Waals surface area contributed by atoms with Gasteiger partial charge in [-0.2, -0.15) is 0 Å². The van der Waals surface area contributed by atoms with Gasteiger partial charge in [-0.3, -0.25) is 0 Å². The Labute approximate surface area is 155 Å². The van der Waals surface area contributed by atoms with Gasteiger partial charge in [-0.05, 0) is 49.4 Å². The predicted molar refractivity (Wildman–Crippen MR) is 94.6 cm³/mol. The Balaban J connectivity index is 1.95. The molecule has 0 fully saturated rings. The van der Waals surface area contributed by atoms with Crippen LogP contribution in [0, 0.1) is 0 Å². The number of carbonyl (C=O) groups is 2. The molecule has 0 radical (unpaired) electrons. The molecular formula is C18H16Cl2O5. The van der Waals surface area contributed by atoms with Crippen molar-refractivity contribution in [2.24, 2.45) is 0 Å². The van der Waals surface area contributed by atoms with Gasteiger partial charge < -0.3 is 14.2 Å². The minimum atomic E-state index is -0.617. The molecule has 25 heavy (non-hydrogen) atoms. The summed E-state index contributed by atoms with van der Waals surface area (Å²) in [7, 11) is 0. The SMILES string of the molecule is CCOCCOC(=O)c1ccc(OC(=O)c2ccc(Cl)cc2Cl)cc1. The molecule has 0 aliphatic rings. The van der Waals surface area contributed by atoms with Gasteiger partial charge in [0.2, 0.25) is 0 Å². The van der Waals surface area contributed by atoms with E-state index in [0.29, 0.717) is 23.8 Å². The molecule has 2 rings (SSSR count). The summed E-state index contributed by atoms with van der Waals surface area (Å²) in [6, 6.07) is 10.5. The van der Waals surface area contributed by atoms with E-state index in [4.69, 9.17) is 37.4 Å². The second kappa shape index (κ2) is 9.42. The molecule has 5 nitrogen and oxygen atoms in total. The van der Waals surface area contributed by atoms with Crippen molar-refractivity contribution >= 4 is 35.1 Å². The average molecular weight is 383 g/mol. The van der Waals surface area contributed by atoms with Gasteiger partial charge in [0, 0.05) is 11.6 Å². The molecule has 2 aromatic rings. The number of ether oxygens (including phenoxy) is 3. The molecule has 0 aliphatic carbocycles. The molecule has 0 amide bonds. The Morgan fingerprint density at radius 3 is 2.32 bits per heavy atom. The second-order valence-electron chi connectivity index (χ2n) is 4.87. The maximum absolute atomic E-state index is 12.1. The fourth-order valence-corrected chi connectivity index (χ4v) is 2.38. The van der Waals surface area contributed by atoms with Crippen LogP contribution in [-0.4, -0.2) is 31.8 Å². The van der Waals surface area contributed by atoms with Crippen molar-refractivity contribution in [3.05, 3.63) is 63.6 Å². The maximum atomic E-state index is 12.1. The molecular weight excluding hydrogens is 367 g/mol. The lowest BCUT2D eigenvalue weighted by Crippen LogP contribution is -2.11. The molecule has 0 saturated carbocycles. The van der Waals surface area contributed by atoms with Crippen LogP contribution in [0.3, 0.4) is 0 Å². The fraction of sp³-hybridized carbons (Fsp3) is 0.222. The van der Waals surface area contributed by atoms with E-state index in [1.54, 1.807) is 6.07 Å². The number of halogens is 2. The van der Waals surface area contributed by atoms with E-state index in [-0.39, 0.29) is 22.9 Å². The normalized spacial score (nSPS) is 10.4. The van der Waals surface area contributed by atoms with Crippen LogP contribution in [0.15, 0.2) is 42.5 Å². The molecule has 0 unspecified atom stereocenters. The van der Waals surface area contributed by atoms with Crippen molar-refractivity contribution in [2.75, 3.05) is 19.8 Å². The first-order chi connectivity index (χ1) is 12.0. The molecule has 132 valence electrons. The van der Waals surface area contributed by atoms with Crippen molar-refractivity contribution in [1.82, 2.24) is 0 Å². The lowest BCUT2D eigenvalue weighted by Gasteiger charge is -2.08. The van der Waals surface area contributed by atoms with Gasteiger partial charge in [0.15, 0.2) is 0 Å². The molecule has 0 heterocycles. The highest BCUT2D eigenvalue weighted by molar-refractivity contribution is 6.36. The van der Waals surface area contributed by atoms with Crippen LogP contribution >= 0.6 is 23.2 Å². The van der Waals surface area contributed by atoms with E-state index in [0.717, 1.165) is 0 Å². The Morgan fingerprint density at radius 2 is 1.68 bits per heavy atom. The minimum absolute atomic E-state index is 0.179. The van der Waals surface area contributed by atoms with Crippen molar-refractivity contribution in [1.29, 1.82) is 0 Å². The van der Waals surface area contributed by atoms with E-state index in [1.165, 1.54) is 36.4 Å². The average Bonchev–Trinajstić information content (AvgIpc) is 2.59. The molecule has 0 N–H and O–H groups in total. The van der Waals surface area contributed by atoms with Crippen LogP contribution < -0.4 is 4.74 Å². The maximum Gasteiger partial charge on any atom is 0.345 e. The number of rotatable bonds is 7. The fourth-order valence-electron chi connectivity index (χ4n) is 1.90. The zero-order valence-corrected chi connectivity index (χ0v) is 15.0. The number of esters is 2. The summed E-state index contributed by atoms with van der Waals surface area (Å²) in [5.74, 6) is -0.811. The third-order valence-corrected chi connectivity index (χ3v) is 3.66. The number of benzene rings is 2. The van der Waals surface area contributed by atoms with Gasteiger partial charge in [0.25, 0.3) is 0 Å². The lowest BCUT2D eigenvalue weighted by molar-refractivity contribution is 0.0335. The largest absolute Gasteiger partial charge is 0.460 e. The highest BCUT2D eigenvalue weighted by atomic mass is 35.5. The van der Waals surface area contributed by atoms with Gasteiger partial charge in [-0.25, -0.2) is 9.59 Å². The quantitative estimate of drug-likeness (QED) is 0.403. The molecule has 2 aromatic carbocycles. The lowest BCUT2D eigenvalue weighted by atomic mass is 10.2. The first-order valence-electron chi connectivity index (χ1n) is 7.53. The molecule has 7 heteroatoms. The summed E-state index contributed by atoms with van der Waals surface area (Å²) in [4.78, 5) is 23.9. The van der Waals surface area contributed by atoms with Crippen LogP contribution in [0.25, 0.3) is 0 Å². The summed E-state index contributed by atoms with van der Waals surface area (Å²) >= 11 is 11.8. The van der Waals surface area contributed by atoms with Gasteiger partial charge in [0.1, 0.15) is 12.4 Å². The van der Waals surface area contributed by atoms with Crippen LogP contribution in [0.4, 0.5) is 0 Å². The Bertz CT molecular complexity index is 744. The van der Waals surface area contributed by atoms with Crippen LogP contribution in [0.2, 0.25) is 10.0 Å². The van der Waals surface area contributed by atoms with Gasteiger partial charge in [0.05, 0.1) is 22.8 Å². The smallest absolute Gasteiger partial charge is 0.345 e. The van der Waals surface area contributed by atoms with E-state index < -0.39 is 11.9 Å². The van der Waals surface area contributed by atoms with E-state index in [1.807, 2.05) is 6.92 Å². The van der Waals surface area contributed by atoms with Crippen molar-refractivity contribution in [3.63, 3.8) is 0 Å². The first-order valence-corrected chi connectivity index (χ1v) is 8.29. The molecule has 0 bridgehead atoms. The van der Waals surface area contributed by atoms with Crippen LogP contribution in [-0.2, 0) is 9.47 Å². The minimum Gasteiger partial charge on any atom is -0.460 e. The number of hydrogen-bond acceptors (Lipinski definition) is 5. The predicted octanol–water partition coefficient (Wildman–Crippen LogP) is 4.41. The second-order valence-corrected chi connectivity index (χ2v) is 5.71. The Morgan fingerprint density at radius 1 is 0.960 bits per heavy atom. The molecule has 0 aromatic heterocycles. The number of carbonyl (C=O) groups excluding carboxylic acids is 2. The standard InChI is InChI=1S/C18H16Cl2O5/c1-2-23-9-10-24-17(21)12-3-6-14(7-4-12)25-18(22)15-8-5-13(19)11-16(15)20/h3-8,11H,2,9-10H2,1H3. The third kappa shape index (κ3) is 5.74. The molecule has 0 aliphatic heterocycles. The van der Waals surface area contributed by atoms with Crippen LogP contribution in [0.5, 0.6) is 5.75 Å². The summed E-state index contributed by atoms with van der Waals surface area (Å²) in [5.41, 5.74) is 0.547. The van der Waals surface area contributed by atoms with Gasteiger partial charge in [-0.15, -0.1) is 0 Å². The Hall–Kier alpha value is -2.08. The summed E-state index contributed by atoms with van der Waals surface area (Å²) < 4.78 is 15.4. The molecule has 0 atom stereocenters. The highest BCUT2D eigenvalue weighted by Gasteiger charge is 2.14. The van der Waals surface area contributed by atoms with Crippen molar-refractivity contribution in [3.8, 4) is 5.75 Å². The van der Waals surface area contributed by atoms with Crippen molar-refractivity contribution < 1.29 is 23.8 Å². The summed E-state index contributed by atoms with van der Waals surface area (Å²) in [6.45, 7) is 2.95. The summed E-state index contributed by atoms with van der Waals surface area (Å²) in [6.07, 6.45) is 0. The van der Waals surface area contributed by atoms with E-state index in [9.17, 15) is 9.59 Å². The zero-order chi connectivity index (χ0) is 18.2. The molecule has 0 spiro atoms. The number of hydrogen-bond donors (Lipinski definition) is 0. The third-order valence-electron chi connectivity index (χ3n) is 3.12. The molecule has 0 saturated heterocycles. The Kier molecular flexibility index (Phi) is 7.25. The van der Waals surface area contributed by atoms with E-state index >= 15 is 0 Å². The van der Waals surface area contributed by atoms with Crippen LogP contribution in [0.1, 0.15) is 27.6 Å². The van der Waals surface area contributed by atoms with Gasteiger partial charge in [-0.1, -0.05) is 23.2 Å². The first kappa shape index (κ1) is 19.2.